The molecular weight excluding hydrogens is 226 g/mol. The molecule has 17 heavy (non-hydrogen) atoms. The Morgan fingerprint density at radius 2 is 2.06 bits per heavy atom. The van der Waals surface area contributed by atoms with Crippen molar-refractivity contribution in [1.82, 2.24) is 4.98 Å². The highest BCUT2D eigenvalue weighted by molar-refractivity contribution is 5.62. The number of aliphatic hydroxyl groups is 2. The van der Waals surface area contributed by atoms with Gasteiger partial charge >= 0.3 is 5.69 Å². The molecule has 1 aromatic rings. The Bertz CT molecular complexity index is 441. The highest BCUT2D eigenvalue weighted by atomic mass is 16.6. The Labute approximate surface area is 97.5 Å². The summed E-state index contributed by atoms with van der Waals surface area (Å²) < 4.78 is 0. The van der Waals surface area contributed by atoms with Crippen molar-refractivity contribution >= 4 is 11.5 Å². The van der Waals surface area contributed by atoms with Crippen molar-refractivity contribution in [2.24, 2.45) is 0 Å². The zero-order chi connectivity index (χ0) is 12.6. The van der Waals surface area contributed by atoms with Crippen LogP contribution in [0.3, 0.4) is 0 Å². The quantitative estimate of drug-likeness (QED) is 0.549. The van der Waals surface area contributed by atoms with Gasteiger partial charge in [-0.25, -0.2) is 4.98 Å². The molecule has 92 valence electrons. The summed E-state index contributed by atoms with van der Waals surface area (Å²) in [7, 11) is 0. The molecule has 0 aliphatic carbocycles. The maximum Gasteiger partial charge on any atom is 0.314 e. The lowest BCUT2D eigenvalue weighted by molar-refractivity contribution is -0.384. The average Bonchev–Trinajstić information content (AvgIpc) is 2.58. The molecule has 0 spiro atoms. The van der Waals surface area contributed by atoms with Gasteiger partial charge in [-0.3, -0.25) is 10.1 Å². The van der Waals surface area contributed by atoms with Crippen LogP contribution in [0.15, 0.2) is 12.3 Å². The van der Waals surface area contributed by atoms with Crippen LogP contribution in [0, 0.1) is 17.0 Å². The fraction of sp³-hybridized carbons (Fsp3) is 0.500. The van der Waals surface area contributed by atoms with Gasteiger partial charge in [-0.15, -0.1) is 0 Å². The van der Waals surface area contributed by atoms with E-state index in [1.54, 1.807) is 13.0 Å². The van der Waals surface area contributed by atoms with Crippen LogP contribution in [0.1, 0.15) is 5.56 Å². The fourth-order valence-electron chi connectivity index (χ4n) is 1.94. The number of rotatable bonds is 2. The van der Waals surface area contributed by atoms with Crippen molar-refractivity contribution < 1.29 is 15.1 Å². The van der Waals surface area contributed by atoms with Gasteiger partial charge in [-0.05, 0) is 13.0 Å². The number of aryl methyl sites for hydroxylation is 1. The van der Waals surface area contributed by atoms with Crippen molar-refractivity contribution in [3.8, 4) is 0 Å². The lowest BCUT2D eigenvalue weighted by Crippen LogP contribution is -2.23. The van der Waals surface area contributed by atoms with Gasteiger partial charge in [0.25, 0.3) is 0 Å². The van der Waals surface area contributed by atoms with Gasteiger partial charge in [0.2, 0.25) is 5.82 Å². The summed E-state index contributed by atoms with van der Waals surface area (Å²) in [6.07, 6.45) is -0.303. The van der Waals surface area contributed by atoms with Crippen LogP contribution in [-0.4, -0.2) is 45.4 Å². The van der Waals surface area contributed by atoms with E-state index in [0.717, 1.165) is 0 Å². The number of hydrogen-bond donors (Lipinski definition) is 2. The topological polar surface area (TPSA) is 99.7 Å². The van der Waals surface area contributed by atoms with Crippen molar-refractivity contribution in [2.45, 2.75) is 19.1 Å². The van der Waals surface area contributed by atoms with E-state index in [-0.39, 0.29) is 24.6 Å². The molecule has 1 aromatic heterocycles. The van der Waals surface area contributed by atoms with Crippen LogP contribution in [0.2, 0.25) is 0 Å². The monoisotopic (exact) mass is 239 g/mol. The molecule has 7 nitrogen and oxygen atoms in total. The van der Waals surface area contributed by atoms with E-state index >= 15 is 0 Å². The summed E-state index contributed by atoms with van der Waals surface area (Å²) in [4.78, 5) is 16.0. The highest BCUT2D eigenvalue weighted by Crippen LogP contribution is 2.31. The van der Waals surface area contributed by atoms with Gasteiger partial charge in [0.15, 0.2) is 0 Å². The van der Waals surface area contributed by atoms with Crippen molar-refractivity contribution in [2.75, 3.05) is 18.0 Å². The van der Waals surface area contributed by atoms with E-state index in [9.17, 15) is 20.3 Å². The summed E-state index contributed by atoms with van der Waals surface area (Å²) in [5.41, 5.74) is 0.435. The predicted octanol–water partition coefficient (Wildman–Crippen LogP) is -0.160. The van der Waals surface area contributed by atoms with Gasteiger partial charge in [-0.2, -0.15) is 0 Å². The molecule has 7 heteroatoms. The Kier molecular flexibility index (Phi) is 2.95. The SMILES string of the molecule is Cc1ccnc(N2CC(O)C(O)C2)c1[N+](=O)[O-]. The minimum absolute atomic E-state index is 0.0752. The fourth-order valence-corrected chi connectivity index (χ4v) is 1.94. The zero-order valence-corrected chi connectivity index (χ0v) is 9.28. The van der Waals surface area contributed by atoms with Crippen LogP contribution in [0.25, 0.3) is 0 Å². The van der Waals surface area contributed by atoms with E-state index in [2.05, 4.69) is 4.98 Å². The first-order chi connectivity index (χ1) is 8.00. The molecule has 2 rings (SSSR count). The van der Waals surface area contributed by atoms with E-state index in [4.69, 9.17) is 0 Å². The largest absolute Gasteiger partial charge is 0.389 e. The average molecular weight is 239 g/mol. The predicted molar refractivity (Wildman–Crippen MR) is 59.9 cm³/mol. The highest BCUT2D eigenvalue weighted by Gasteiger charge is 2.34. The number of hydrogen-bond acceptors (Lipinski definition) is 6. The second-order valence-electron chi connectivity index (χ2n) is 4.10. The number of aromatic nitrogens is 1. The number of β-amino-alcohol motifs (C(OH)–C–C–N with tert-alkyl or cyclic N) is 2. The number of pyridine rings is 1. The minimum atomic E-state index is -0.892. The Hall–Kier alpha value is -1.73. The molecule has 0 amide bonds. The maximum atomic E-state index is 11.0. The molecule has 2 unspecified atom stereocenters. The smallest absolute Gasteiger partial charge is 0.314 e. The molecule has 1 fully saturated rings. The first kappa shape index (κ1) is 11.7. The van der Waals surface area contributed by atoms with Gasteiger partial charge in [0.05, 0.1) is 17.1 Å². The van der Waals surface area contributed by atoms with Crippen LogP contribution in [-0.2, 0) is 0 Å². The van der Waals surface area contributed by atoms with Gasteiger partial charge in [-0.1, -0.05) is 0 Å². The summed E-state index contributed by atoms with van der Waals surface area (Å²) in [5, 5.41) is 29.9. The molecule has 0 aromatic carbocycles. The first-order valence-corrected chi connectivity index (χ1v) is 5.21. The van der Waals surface area contributed by atoms with E-state index < -0.39 is 17.1 Å². The molecular formula is C10H13N3O4. The normalized spacial score (nSPS) is 24.1. The van der Waals surface area contributed by atoms with E-state index in [0.29, 0.717) is 5.56 Å². The molecule has 0 saturated carbocycles. The van der Waals surface area contributed by atoms with E-state index in [1.165, 1.54) is 11.1 Å². The van der Waals surface area contributed by atoms with Crippen molar-refractivity contribution in [3.63, 3.8) is 0 Å². The van der Waals surface area contributed by atoms with Crippen LogP contribution < -0.4 is 4.90 Å². The Balaban J connectivity index is 2.39. The van der Waals surface area contributed by atoms with E-state index in [1.807, 2.05) is 0 Å². The second kappa shape index (κ2) is 4.27. The first-order valence-electron chi connectivity index (χ1n) is 5.21. The summed E-state index contributed by atoms with van der Waals surface area (Å²) in [5.74, 6) is 0.200. The number of nitro groups is 1. The lowest BCUT2D eigenvalue weighted by atomic mass is 10.2. The Morgan fingerprint density at radius 1 is 1.47 bits per heavy atom. The molecule has 0 bridgehead atoms. The third-order valence-electron chi connectivity index (χ3n) is 2.85. The van der Waals surface area contributed by atoms with Gasteiger partial charge < -0.3 is 15.1 Å². The van der Waals surface area contributed by atoms with Gasteiger partial charge in [0.1, 0.15) is 0 Å². The number of anilines is 1. The Morgan fingerprint density at radius 3 is 2.59 bits per heavy atom. The van der Waals surface area contributed by atoms with Crippen molar-refractivity contribution in [3.05, 3.63) is 27.9 Å². The molecule has 2 heterocycles. The molecule has 0 radical (unpaired) electrons. The van der Waals surface area contributed by atoms with Crippen molar-refractivity contribution in [1.29, 1.82) is 0 Å². The molecule has 1 aliphatic rings. The zero-order valence-electron chi connectivity index (χ0n) is 9.28. The molecule has 1 aliphatic heterocycles. The maximum absolute atomic E-state index is 11.0. The van der Waals surface area contributed by atoms with Gasteiger partial charge in [0, 0.05) is 24.8 Å². The number of aliphatic hydroxyl groups excluding tert-OH is 2. The van der Waals surface area contributed by atoms with Crippen LogP contribution in [0.5, 0.6) is 0 Å². The van der Waals surface area contributed by atoms with Crippen LogP contribution >= 0.6 is 0 Å². The summed E-state index contributed by atoms with van der Waals surface area (Å²) >= 11 is 0. The third kappa shape index (κ3) is 2.06. The molecule has 2 N–H and O–H groups in total. The summed E-state index contributed by atoms with van der Waals surface area (Å²) in [6, 6.07) is 1.56. The third-order valence-corrected chi connectivity index (χ3v) is 2.85. The summed E-state index contributed by atoms with van der Waals surface area (Å²) in [6.45, 7) is 1.93. The number of nitrogens with zero attached hydrogens (tertiary/aromatic N) is 3. The molecule has 1 saturated heterocycles. The van der Waals surface area contributed by atoms with Crippen LogP contribution in [0.4, 0.5) is 11.5 Å². The standard InChI is InChI=1S/C10H13N3O4/c1-6-2-3-11-10(9(6)13(16)17)12-4-7(14)8(15)5-12/h2-3,7-8,14-15H,4-5H2,1H3. The second-order valence-corrected chi connectivity index (χ2v) is 4.10. The minimum Gasteiger partial charge on any atom is -0.389 e. The lowest BCUT2D eigenvalue weighted by Gasteiger charge is -2.16. The molecule has 2 atom stereocenters.